The molecular weight excluding hydrogens is 304 g/mol. The van der Waals surface area contributed by atoms with Crippen molar-refractivity contribution in [1.29, 1.82) is 0 Å². The van der Waals surface area contributed by atoms with Gasteiger partial charge in [0.25, 0.3) is 5.89 Å². The summed E-state index contributed by atoms with van der Waals surface area (Å²) in [4.78, 5) is 11.2. The molecule has 1 aliphatic rings. The average molecular weight is 322 g/mol. The van der Waals surface area contributed by atoms with E-state index < -0.39 is 0 Å². The van der Waals surface area contributed by atoms with Gasteiger partial charge in [-0.3, -0.25) is 0 Å². The molecule has 4 rings (SSSR count). The second-order valence-electron chi connectivity index (χ2n) is 5.88. The van der Waals surface area contributed by atoms with Crippen LogP contribution >= 0.6 is 0 Å². The molecule has 1 fully saturated rings. The molecule has 0 unspecified atom stereocenters. The normalized spacial score (nSPS) is 15.6. The van der Waals surface area contributed by atoms with Gasteiger partial charge in [-0.2, -0.15) is 4.98 Å². The zero-order valence-corrected chi connectivity index (χ0v) is 13.2. The molecule has 0 aliphatic carbocycles. The number of pyridine rings is 1. The van der Waals surface area contributed by atoms with Gasteiger partial charge in [-0.05, 0) is 25.0 Å². The van der Waals surface area contributed by atoms with Gasteiger partial charge in [-0.15, -0.1) is 0 Å². The zero-order chi connectivity index (χ0) is 16.4. The Labute approximate surface area is 139 Å². The Morgan fingerprint density at radius 2 is 1.83 bits per heavy atom. The molecule has 2 aromatic heterocycles. The van der Waals surface area contributed by atoms with Crippen LogP contribution in [-0.4, -0.2) is 39.4 Å². The number of aromatic nitrogens is 3. The Kier molecular flexibility index (Phi) is 3.96. The third-order valence-electron chi connectivity index (χ3n) is 4.24. The minimum Gasteiger partial charge on any atom is -0.393 e. The highest BCUT2D eigenvalue weighted by molar-refractivity contribution is 5.71. The smallest absolute Gasteiger partial charge is 0.261 e. The van der Waals surface area contributed by atoms with Crippen LogP contribution in [0, 0.1) is 0 Å². The molecule has 24 heavy (non-hydrogen) atoms. The minimum absolute atomic E-state index is 0.221. The summed E-state index contributed by atoms with van der Waals surface area (Å²) in [6.07, 6.45) is 3.03. The molecule has 1 aromatic carbocycles. The molecule has 1 saturated heterocycles. The highest BCUT2D eigenvalue weighted by Gasteiger charge is 2.23. The number of anilines is 1. The first-order valence-corrected chi connectivity index (χ1v) is 8.09. The lowest BCUT2D eigenvalue weighted by Crippen LogP contribution is -2.36. The number of piperidine rings is 1. The van der Waals surface area contributed by atoms with Gasteiger partial charge >= 0.3 is 0 Å². The summed E-state index contributed by atoms with van der Waals surface area (Å²) in [5.74, 6) is 1.85. The fraction of sp³-hybridized carbons (Fsp3) is 0.278. The highest BCUT2D eigenvalue weighted by Crippen LogP contribution is 2.30. The standard InChI is InChI=1S/C18H18N4O2/c23-14-8-11-22(12-9-14)17-15(7-4-10-19-17)18-20-16(21-24-18)13-5-2-1-3-6-13/h1-7,10,14,23H,8-9,11-12H2. The van der Waals surface area contributed by atoms with Crippen molar-refractivity contribution in [3.8, 4) is 22.8 Å². The molecule has 3 heterocycles. The van der Waals surface area contributed by atoms with E-state index in [9.17, 15) is 5.11 Å². The third-order valence-corrected chi connectivity index (χ3v) is 4.24. The lowest BCUT2D eigenvalue weighted by Gasteiger charge is -2.31. The second kappa shape index (κ2) is 6.41. The van der Waals surface area contributed by atoms with Crippen LogP contribution in [0.25, 0.3) is 22.8 Å². The SMILES string of the molecule is OC1CCN(c2ncccc2-c2nc(-c3ccccc3)no2)CC1. The van der Waals surface area contributed by atoms with Crippen molar-refractivity contribution >= 4 is 5.82 Å². The summed E-state index contributed by atoms with van der Waals surface area (Å²) >= 11 is 0. The Hall–Kier alpha value is -2.73. The van der Waals surface area contributed by atoms with E-state index in [1.165, 1.54) is 0 Å². The summed E-state index contributed by atoms with van der Waals surface area (Å²) in [6.45, 7) is 1.54. The first kappa shape index (κ1) is 14.8. The third kappa shape index (κ3) is 2.88. The lowest BCUT2D eigenvalue weighted by molar-refractivity contribution is 0.145. The predicted octanol–water partition coefficient (Wildman–Crippen LogP) is 2.76. The number of rotatable bonds is 3. The average Bonchev–Trinajstić information content (AvgIpc) is 3.13. The quantitative estimate of drug-likeness (QED) is 0.799. The van der Waals surface area contributed by atoms with E-state index in [1.54, 1.807) is 6.20 Å². The van der Waals surface area contributed by atoms with Gasteiger partial charge in [0.05, 0.1) is 11.7 Å². The molecule has 3 aromatic rings. The van der Waals surface area contributed by atoms with Crippen LogP contribution in [0.4, 0.5) is 5.82 Å². The largest absolute Gasteiger partial charge is 0.393 e. The van der Waals surface area contributed by atoms with Crippen molar-refractivity contribution in [2.75, 3.05) is 18.0 Å². The van der Waals surface area contributed by atoms with Crippen LogP contribution in [0.15, 0.2) is 53.2 Å². The molecule has 6 nitrogen and oxygen atoms in total. The molecule has 1 aliphatic heterocycles. The van der Waals surface area contributed by atoms with E-state index in [0.29, 0.717) is 11.7 Å². The van der Waals surface area contributed by atoms with Crippen LogP contribution in [-0.2, 0) is 0 Å². The molecule has 0 bridgehead atoms. The van der Waals surface area contributed by atoms with Gasteiger partial charge < -0.3 is 14.5 Å². The van der Waals surface area contributed by atoms with Crippen molar-refractivity contribution in [3.63, 3.8) is 0 Å². The van der Waals surface area contributed by atoms with Crippen LogP contribution in [0.5, 0.6) is 0 Å². The maximum absolute atomic E-state index is 9.70. The summed E-state index contributed by atoms with van der Waals surface area (Å²) < 4.78 is 5.48. The molecule has 0 atom stereocenters. The minimum atomic E-state index is -0.221. The molecule has 0 amide bonds. The van der Waals surface area contributed by atoms with E-state index in [0.717, 1.165) is 42.9 Å². The van der Waals surface area contributed by atoms with E-state index in [2.05, 4.69) is 20.0 Å². The summed E-state index contributed by atoms with van der Waals surface area (Å²) in [6, 6.07) is 13.5. The molecule has 0 radical (unpaired) electrons. The molecular formula is C18H18N4O2. The molecule has 1 N–H and O–H groups in total. The number of aliphatic hydroxyl groups excluding tert-OH is 1. The van der Waals surface area contributed by atoms with E-state index in [-0.39, 0.29) is 6.10 Å². The second-order valence-corrected chi connectivity index (χ2v) is 5.88. The summed E-state index contributed by atoms with van der Waals surface area (Å²) in [5, 5.41) is 13.8. The van der Waals surface area contributed by atoms with Crippen molar-refractivity contribution in [2.45, 2.75) is 18.9 Å². The first-order valence-electron chi connectivity index (χ1n) is 8.09. The highest BCUT2D eigenvalue weighted by atomic mass is 16.5. The fourth-order valence-corrected chi connectivity index (χ4v) is 2.93. The van der Waals surface area contributed by atoms with Crippen molar-refractivity contribution < 1.29 is 9.63 Å². The summed E-state index contributed by atoms with van der Waals surface area (Å²) in [7, 11) is 0. The summed E-state index contributed by atoms with van der Waals surface area (Å²) in [5.41, 5.74) is 1.74. The van der Waals surface area contributed by atoms with Crippen LogP contribution < -0.4 is 4.90 Å². The van der Waals surface area contributed by atoms with Crippen LogP contribution in [0.3, 0.4) is 0 Å². The van der Waals surface area contributed by atoms with Crippen LogP contribution in [0.1, 0.15) is 12.8 Å². The first-order chi connectivity index (χ1) is 11.8. The van der Waals surface area contributed by atoms with Gasteiger partial charge in [0.2, 0.25) is 5.82 Å². The van der Waals surface area contributed by atoms with Crippen LogP contribution in [0.2, 0.25) is 0 Å². The monoisotopic (exact) mass is 322 g/mol. The van der Waals surface area contributed by atoms with Crippen molar-refractivity contribution in [3.05, 3.63) is 48.7 Å². The molecule has 0 spiro atoms. The lowest BCUT2D eigenvalue weighted by atomic mass is 10.1. The Morgan fingerprint density at radius 1 is 1.04 bits per heavy atom. The number of hydrogen-bond acceptors (Lipinski definition) is 6. The number of benzene rings is 1. The van der Waals surface area contributed by atoms with Gasteiger partial charge in [-0.1, -0.05) is 35.5 Å². The van der Waals surface area contributed by atoms with E-state index in [1.807, 2.05) is 42.5 Å². The van der Waals surface area contributed by atoms with E-state index >= 15 is 0 Å². The van der Waals surface area contributed by atoms with Gasteiger partial charge in [0.15, 0.2) is 0 Å². The maximum Gasteiger partial charge on any atom is 0.261 e. The zero-order valence-electron chi connectivity index (χ0n) is 13.2. The van der Waals surface area contributed by atoms with E-state index in [4.69, 9.17) is 4.52 Å². The maximum atomic E-state index is 9.70. The Bertz CT molecular complexity index is 811. The number of nitrogens with zero attached hydrogens (tertiary/aromatic N) is 4. The Morgan fingerprint density at radius 3 is 2.62 bits per heavy atom. The van der Waals surface area contributed by atoms with Gasteiger partial charge in [-0.25, -0.2) is 4.98 Å². The van der Waals surface area contributed by atoms with Crippen molar-refractivity contribution in [2.24, 2.45) is 0 Å². The van der Waals surface area contributed by atoms with Gasteiger partial charge in [0.1, 0.15) is 5.82 Å². The van der Waals surface area contributed by atoms with Gasteiger partial charge in [0, 0.05) is 24.8 Å². The number of hydrogen-bond donors (Lipinski definition) is 1. The number of aliphatic hydroxyl groups is 1. The predicted molar refractivity (Wildman–Crippen MR) is 90.4 cm³/mol. The molecule has 0 saturated carbocycles. The Balaban J connectivity index is 1.67. The molecule has 122 valence electrons. The topological polar surface area (TPSA) is 75.3 Å². The van der Waals surface area contributed by atoms with Crippen molar-refractivity contribution in [1.82, 2.24) is 15.1 Å². The fourth-order valence-electron chi connectivity index (χ4n) is 2.93. The molecule has 6 heteroatoms.